The molecule has 1 saturated carbocycles. The van der Waals surface area contributed by atoms with Crippen LogP contribution in [0.1, 0.15) is 45.1 Å². The van der Waals surface area contributed by atoms with Gasteiger partial charge in [0.1, 0.15) is 0 Å². The maximum Gasteiger partial charge on any atom is 0.273 e. The maximum absolute atomic E-state index is 11.1. The largest absolute Gasteiger partial charge is 0.309 e. The van der Waals surface area contributed by atoms with Gasteiger partial charge in [0.15, 0.2) is 0 Å². The molecule has 4 nitrogen and oxygen atoms in total. The topological polar surface area (TPSA) is 55.2 Å². The van der Waals surface area contributed by atoms with Gasteiger partial charge in [0, 0.05) is 29.2 Å². The van der Waals surface area contributed by atoms with E-state index in [9.17, 15) is 10.1 Å². The molecule has 0 aliphatic heterocycles. The van der Waals surface area contributed by atoms with Crippen LogP contribution in [0.5, 0.6) is 0 Å². The predicted molar refractivity (Wildman–Crippen MR) is 85.5 cm³/mol. The molecule has 2 rings (SSSR count). The average Bonchev–Trinajstić information content (AvgIpc) is 2.45. The highest BCUT2D eigenvalue weighted by Gasteiger charge is 2.27. The van der Waals surface area contributed by atoms with E-state index >= 15 is 0 Å². The molecule has 1 aliphatic rings. The molecule has 0 saturated heterocycles. The fourth-order valence-corrected chi connectivity index (χ4v) is 3.52. The van der Waals surface area contributed by atoms with Crippen molar-refractivity contribution in [1.29, 1.82) is 0 Å². The number of rotatable bonds is 5. The van der Waals surface area contributed by atoms with Crippen molar-refractivity contribution in [3.05, 3.63) is 38.9 Å². The Bertz CT molecular complexity index is 505. The van der Waals surface area contributed by atoms with Gasteiger partial charge < -0.3 is 5.32 Å². The second-order valence-electron chi connectivity index (χ2n) is 6.21. The molecule has 21 heavy (non-hydrogen) atoms. The molecule has 0 spiro atoms. The average molecular weight is 311 g/mol. The number of nitrogens with zero attached hydrogens (tertiary/aromatic N) is 1. The first kappa shape index (κ1) is 16.2. The molecular formula is C16H23ClN2O2. The number of nitro groups is 1. The van der Waals surface area contributed by atoms with Gasteiger partial charge in [0.25, 0.3) is 5.69 Å². The first-order valence-corrected chi connectivity index (χ1v) is 8.03. The lowest BCUT2D eigenvalue weighted by molar-refractivity contribution is -0.385. The van der Waals surface area contributed by atoms with Gasteiger partial charge in [-0.1, -0.05) is 38.3 Å². The molecule has 5 heteroatoms. The van der Waals surface area contributed by atoms with Gasteiger partial charge in [-0.25, -0.2) is 0 Å². The number of hydrogen-bond donors (Lipinski definition) is 1. The molecule has 2 atom stereocenters. The number of hydrogen-bond acceptors (Lipinski definition) is 3. The Hall–Kier alpha value is -1.13. The van der Waals surface area contributed by atoms with E-state index in [0.29, 0.717) is 35.0 Å². The summed E-state index contributed by atoms with van der Waals surface area (Å²) in [7, 11) is 0. The van der Waals surface area contributed by atoms with Crippen molar-refractivity contribution >= 4 is 17.3 Å². The van der Waals surface area contributed by atoms with E-state index in [0.717, 1.165) is 6.42 Å². The van der Waals surface area contributed by atoms with Crippen molar-refractivity contribution in [2.75, 3.05) is 0 Å². The Morgan fingerprint density at radius 1 is 1.38 bits per heavy atom. The molecule has 0 bridgehead atoms. The van der Waals surface area contributed by atoms with E-state index in [2.05, 4.69) is 19.2 Å². The maximum atomic E-state index is 11.1. The first-order chi connectivity index (χ1) is 9.99. The van der Waals surface area contributed by atoms with Crippen molar-refractivity contribution in [2.24, 2.45) is 11.8 Å². The lowest BCUT2D eigenvalue weighted by Crippen LogP contribution is -2.40. The van der Waals surface area contributed by atoms with Gasteiger partial charge in [0.2, 0.25) is 0 Å². The van der Waals surface area contributed by atoms with Crippen LogP contribution in [0.2, 0.25) is 5.02 Å². The summed E-state index contributed by atoms with van der Waals surface area (Å²) in [6, 6.07) is 5.19. The van der Waals surface area contributed by atoms with Gasteiger partial charge in [0.05, 0.1) is 4.92 Å². The summed E-state index contributed by atoms with van der Waals surface area (Å²) < 4.78 is 0. The summed E-state index contributed by atoms with van der Waals surface area (Å²) in [5, 5.41) is 15.2. The lowest BCUT2D eigenvalue weighted by Gasteiger charge is -2.35. The fourth-order valence-electron chi connectivity index (χ4n) is 3.33. The Kier molecular flexibility index (Phi) is 5.59. The molecule has 0 heterocycles. The van der Waals surface area contributed by atoms with Crippen LogP contribution in [0.3, 0.4) is 0 Å². The van der Waals surface area contributed by atoms with Crippen molar-refractivity contribution in [3.63, 3.8) is 0 Å². The highest BCUT2D eigenvalue weighted by Crippen LogP contribution is 2.31. The molecular weight excluding hydrogens is 288 g/mol. The Labute approximate surface area is 131 Å². The lowest BCUT2D eigenvalue weighted by atomic mass is 9.78. The van der Waals surface area contributed by atoms with Crippen molar-refractivity contribution < 1.29 is 4.92 Å². The minimum atomic E-state index is -0.339. The smallest absolute Gasteiger partial charge is 0.273 e. The summed E-state index contributed by atoms with van der Waals surface area (Å²) in [5.74, 6) is 1.29. The molecule has 1 aromatic rings. The van der Waals surface area contributed by atoms with Gasteiger partial charge in [-0.2, -0.15) is 0 Å². The predicted octanol–water partition coefficient (Wildman–Crippen LogP) is 4.55. The second-order valence-corrected chi connectivity index (χ2v) is 6.65. The van der Waals surface area contributed by atoms with E-state index in [-0.39, 0.29) is 10.6 Å². The Morgan fingerprint density at radius 2 is 2.10 bits per heavy atom. The van der Waals surface area contributed by atoms with E-state index in [1.165, 1.54) is 25.3 Å². The zero-order valence-electron chi connectivity index (χ0n) is 12.6. The highest BCUT2D eigenvalue weighted by molar-refractivity contribution is 6.30. The van der Waals surface area contributed by atoms with Crippen LogP contribution in [-0.2, 0) is 6.54 Å². The summed E-state index contributed by atoms with van der Waals surface area (Å²) in [6.45, 7) is 5.02. The van der Waals surface area contributed by atoms with Crippen LogP contribution in [0.15, 0.2) is 18.2 Å². The minimum absolute atomic E-state index is 0.142. The van der Waals surface area contributed by atoms with E-state index in [4.69, 9.17) is 11.6 Å². The standard InChI is InChI=1S/C16H23ClN2O2/c1-11(2)14-5-3-4-6-15(14)18-10-12-9-13(17)7-8-16(12)19(20)21/h7-9,11,14-15,18H,3-6,10H2,1-2H3. The molecule has 1 fully saturated rings. The van der Waals surface area contributed by atoms with E-state index in [1.54, 1.807) is 12.1 Å². The highest BCUT2D eigenvalue weighted by atomic mass is 35.5. The second kappa shape index (κ2) is 7.23. The van der Waals surface area contributed by atoms with Gasteiger partial charge in [-0.05, 0) is 36.8 Å². The Morgan fingerprint density at radius 3 is 2.76 bits per heavy atom. The van der Waals surface area contributed by atoms with E-state index in [1.807, 2.05) is 0 Å². The van der Waals surface area contributed by atoms with Gasteiger partial charge in [-0.3, -0.25) is 10.1 Å². The van der Waals surface area contributed by atoms with Gasteiger partial charge >= 0.3 is 0 Å². The van der Waals surface area contributed by atoms with Crippen LogP contribution in [0.25, 0.3) is 0 Å². The SMILES string of the molecule is CC(C)C1CCCCC1NCc1cc(Cl)ccc1[N+](=O)[O-]. The zero-order valence-corrected chi connectivity index (χ0v) is 13.4. The van der Waals surface area contributed by atoms with Crippen molar-refractivity contribution in [2.45, 2.75) is 52.1 Å². The minimum Gasteiger partial charge on any atom is -0.309 e. The number of nitrogens with one attached hydrogen (secondary N) is 1. The molecule has 1 aromatic carbocycles. The quantitative estimate of drug-likeness (QED) is 0.641. The third-order valence-electron chi connectivity index (χ3n) is 4.47. The third-order valence-corrected chi connectivity index (χ3v) is 4.70. The van der Waals surface area contributed by atoms with Gasteiger partial charge in [-0.15, -0.1) is 0 Å². The van der Waals surface area contributed by atoms with Crippen LogP contribution in [0.4, 0.5) is 5.69 Å². The molecule has 0 radical (unpaired) electrons. The van der Waals surface area contributed by atoms with Crippen LogP contribution in [0, 0.1) is 22.0 Å². The molecule has 0 aromatic heterocycles. The molecule has 116 valence electrons. The van der Waals surface area contributed by atoms with Crippen molar-refractivity contribution in [1.82, 2.24) is 5.32 Å². The van der Waals surface area contributed by atoms with Crippen LogP contribution < -0.4 is 5.32 Å². The third kappa shape index (κ3) is 4.17. The molecule has 0 amide bonds. The first-order valence-electron chi connectivity index (χ1n) is 7.65. The van der Waals surface area contributed by atoms with Crippen LogP contribution in [-0.4, -0.2) is 11.0 Å². The molecule has 2 unspecified atom stereocenters. The zero-order chi connectivity index (χ0) is 15.4. The van der Waals surface area contributed by atoms with Crippen molar-refractivity contribution in [3.8, 4) is 0 Å². The Balaban J connectivity index is 2.08. The molecule has 1 aliphatic carbocycles. The fraction of sp³-hybridized carbons (Fsp3) is 0.625. The monoisotopic (exact) mass is 310 g/mol. The summed E-state index contributed by atoms with van der Waals surface area (Å²) in [6.07, 6.45) is 4.92. The van der Waals surface area contributed by atoms with E-state index < -0.39 is 0 Å². The number of benzene rings is 1. The summed E-state index contributed by atoms with van der Waals surface area (Å²) >= 11 is 5.97. The number of nitro benzene ring substituents is 1. The normalized spacial score (nSPS) is 22.5. The molecule has 1 N–H and O–H groups in total. The number of halogens is 1. The summed E-state index contributed by atoms with van der Waals surface area (Å²) in [5.41, 5.74) is 0.810. The summed E-state index contributed by atoms with van der Waals surface area (Å²) in [4.78, 5) is 10.8. The van der Waals surface area contributed by atoms with Crippen LogP contribution >= 0.6 is 11.6 Å².